The first-order valence-electron chi connectivity index (χ1n) is 5.21. The van der Waals surface area contributed by atoms with Crippen molar-refractivity contribution in [3.63, 3.8) is 0 Å². The summed E-state index contributed by atoms with van der Waals surface area (Å²) >= 11 is 0. The van der Waals surface area contributed by atoms with Crippen LogP contribution in [0.5, 0.6) is 5.75 Å². The first kappa shape index (κ1) is 11.7. The highest BCUT2D eigenvalue weighted by atomic mass is 16.6. The van der Waals surface area contributed by atoms with E-state index in [0.29, 0.717) is 0 Å². The van der Waals surface area contributed by atoms with Gasteiger partial charge in [-0.05, 0) is 18.2 Å². The third kappa shape index (κ3) is 2.66. The van der Waals surface area contributed by atoms with E-state index in [-0.39, 0.29) is 17.0 Å². The van der Waals surface area contributed by atoms with E-state index in [2.05, 4.69) is 11.8 Å². The van der Waals surface area contributed by atoms with E-state index in [0.717, 1.165) is 5.56 Å². The summed E-state index contributed by atoms with van der Waals surface area (Å²) < 4.78 is 0. The number of hydrogen-bond donors (Lipinski definition) is 1. The SMILES string of the molecule is O=[N+]([O-])c1ccc(O)c(C#Cc2ccccc2)c1. The highest BCUT2D eigenvalue weighted by molar-refractivity contribution is 5.53. The number of phenolic OH excluding ortho intramolecular Hbond substituents is 1. The molecule has 1 N–H and O–H groups in total. The standard InChI is InChI=1S/C14H9NO3/c16-14-9-8-13(15(17)18)10-12(14)7-6-11-4-2-1-3-5-11/h1-5,8-10,16H. The van der Waals surface area contributed by atoms with E-state index in [4.69, 9.17) is 0 Å². The van der Waals surface area contributed by atoms with Gasteiger partial charge in [-0.1, -0.05) is 30.0 Å². The second-order valence-corrected chi connectivity index (χ2v) is 3.57. The fourth-order valence-corrected chi connectivity index (χ4v) is 1.40. The van der Waals surface area contributed by atoms with E-state index < -0.39 is 4.92 Å². The van der Waals surface area contributed by atoms with Crippen molar-refractivity contribution in [2.24, 2.45) is 0 Å². The minimum absolute atomic E-state index is 0.0657. The summed E-state index contributed by atoms with van der Waals surface area (Å²) in [6.45, 7) is 0. The number of nitro benzene ring substituents is 1. The largest absolute Gasteiger partial charge is 0.507 e. The fourth-order valence-electron chi connectivity index (χ4n) is 1.40. The predicted molar refractivity (Wildman–Crippen MR) is 67.2 cm³/mol. The maximum atomic E-state index is 10.6. The number of phenols is 1. The molecule has 0 aromatic heterocycles. The zero-order chi connectivity index (χ0) is 13.0. The van der Waals surface area contributed by atoms with Crippen molar-refractivity contribution in [2.75, 3.05) is 0 Å². The summed E-state index contributed by atoms with van der Waals surface area (Å²) in [5.74, 6) is 5.49. The minimum atomic E-state index is -0.521. The third-order valence-electron chi connectivity index (χ3n) is 2.31. The molecule has 2 rings (SSSR count). The second-order valence-electron chi connectivity index (χ2n) is 3.57. The summed E-state index contributed by atoms with van der Waals surface area (Å²) in [6, 6.07) is 13.0. The first-order valence-corrected chi connectivity index (χ1v) is 5.21. The van der Waals surface area contributed by atoms with E-state index in [9.17, 15) is 15.2 Å². The van der Waals surface area contributed by atoms with Gasteiger partial charge in [-0.15, -0.1) is 0 Å². The molecular weight excluding hydrogens is 230 g/mol. The molecule has 0 aliphatic carbocycles. The van der Waals surface area contributed by atoms with E-state index in [1.165, 1.54) is 18.2 Å². The highest BCUT2D eigenvalue weighted by Gasteiger charge is 2.08. The summed E-state index contributed by atoms with van der Waals surface area (Å²) in [5, 5.41) is 20.2. The number of hydrogen-bond acceptors (Lipinski definition) is 3. The Labute approximate surface area is 104 Å². The molecule has 18 heavy (non-hydrogen) atoms. The minimum Gasteiger partial charge on any atom is -0.507 e. The molecule has 2 aromatic carbocycles. The Morgan fingerprint density at radius 2 is 1.78 bits per heavy atom. The molecule has 0 fully saturated rings. The topological polar surface area (TPSA) is 63.4 Å². The summed E-state index contributed by atoms with van der Waals surface area (Å²) in [4.78, 5) is 10.1. The first-order chi connectivity index (χ1) is 8.66. The Hall–Kier alpha value is -2.80. The predicted octanol–water partition coefficient (Wildman–Crippen LogP) is 2.70. The lowest BCUT2D eigenvalue weighted by molar-refractivity contribution is -0.384. The fraction of sp³-hybridized carbons (Fsp3) is 0. The maximum absolute atomic E-state index is 10.6. The molecule has 0 saturated carbocycles. The maximum Gasteiger partial charge on any atom is 0.270 e. The quantitative estimate of drug-likeness (QED) is 0.472. The molecule has 0 heterocycles. The molecule has 0 aliphatic rings. The molecule has 0 radical (unpaired) electrons. The Balaban J connectivity index is 2.38. The number of aromatic hydroxyl groups is 1. The molecule has 0 unspecified atom stereocenters. The van der Waals surface area contributed by atoms with Gasteiger partial charge < -0.3 is 5.11 Å². The van der Waals surface area contributed by atoms with Crippen LogP contribution in [-0.4, -0.2) is 10.0 Å². The van der Waals surface area contributed by atoms with Crippen LogP contribution in [0.1, 0.15) is 11.1 Å². The van der Waals surface area contributed by atoms with Gasteiger partial charge in [0.1, 0.15) is 5.75 Å². The Bertz CT molecular complexity index is 639. The lowest BCUT2D eigenvalue weighted by Crippen LogP contribution is -1.88. The van der Waals surface area contributed by atoms with Crippen molar-refractivity contribution in [3.05, 3.63) is 69.8 Å². The molecule has 0 bridgehead atoms. The van der Waals surface area contributed by atoms with Crippen LogP contribution in [0.25, 0.3) is 0 Å². The van der Waals surface area contributed by atoms with Crippen molar-refractivity contribution < 1.29 is 10.0 Å². The molecule has 0 spiro atoms. The molecule has 0 aliphatic heterocycles. The zero-order valence-corrected chi connectivity index (χ0v) is 9.33. The Morgan fingerprint density at radius 1 is 1.06 bits per heavy atom. The molecule has 0 amide bonds. The number of rotatable bonds is 1. The average Bonchev–Trinajstić information content (AvgIpc) is 2.38. The molecule has 0 atom stereocenters. The summed E-state index contributed by atoms with van der Waals surface area (Å²) in [5.41, 5.74) is 0.932. The van der Waals surface area contributed by atoms with Gasteiger partial charge in [-0.25, -0.2) is 0 Å². The van der Waals surface area contributed by atoms with Crippen LogP contribution >= 0.6 is 0 Å². The van der Waals surface area contributed by atoms with Crippen molar-refractivity contribution in [3.8, 4) is 17.6 Å². The highest BCUT2D eigenvalue weighted by Crippen LogP contribution is 2.21. The number of non-ortho nitro benzene ring substituents is 1. The van der Waals surface area contributed by atoms with E-state index in [1.807, 2.05) is 30.3 Å². The normalized spacial score (nSPS) is 9.33. The van der Waals surface area contributed by atoms with Crippen LogP contribution in [0.4, 0.5) is 5.69 Å². The van der Waals surface area contributed by atoms with Crippen molar-refractivity contribution >= 4 is 5.69 Å². The van der Waals surface area contributed by atoms with Crippen LogP contribution < -0.4 is 0 Å². The van der Waals surface area contributed by atoms with Gasteiger partial charge in [-0.2, -0.15) is 0 Å². The average molecular weight is 239 g/mol. The number of nitro groups is 1. The van der Waals surface area contributed by atoms with Crippen molar-refractivity contribution in [1.29, 1.82) is 0 Å². The molecule has 2 aromatic rings. The van der Waals surface area contributed by atoms with Crippen LogP contribution in [0, 0.1) is 22.0 Å². The van der Waals surface area contributed by atoms with Crippen molar-refractivity contribution in [1.82, 2.24) is 0 Å². The molecule has 4 heteroatoms. The lowest BCUT2D eigenvalue weighted by Gasteiger charge is -1.96. The monoisotopic (exact) mass is 239 g/mol. The molecule has 88 valence electrons. The Kier molecular flexibility index (Phi) is 3.26. The zero-order valence-electron chi connectivity index (χ0n) is 9.33. The number of benzene rings is 2. The molecule has 0 saturated heterocycles. The number of nitrogens with zero attached hydrogens (tertiary/aromatic N) is 1. The van der Waals surface area contributed by atoms with Crippen molar-refractivity contribution in [2.45, 2.75) is 0 Å². The second kappa shape index (κ2) is 5.02. The van der Waals surface area contributed by atoms with Gasteiger partial charge in [0.2, 0.25) is 0 Å². The van der Waals surface area contributed by atoms with Gasteiger partial charge in [0.15, 0.2) is 0 Å². The molecule has 4 nitrogen and oxygen atoms in total. The van der Waals surface area contributed by atoms with E-state index >= 15 is 0 Å². The smallest absolute Gasteiger partial charge is 0.270 e. The van der Waals surface area contributed by atoms with Gasteiger partial charge in [0, 0.05) is 17.7 Å². The Morgan fingerprint density at radius 3 is 2.44 bits per heavy atom. The lowest BCUT2D eigenvalue weighted by atomic mass is 10.1. The van der Waals surface area contributed by atoms with E-state index in [1.54, 1.807) is 0 Å². The van der Waals surface area contributed by atoms with Gasteiger partial charge in [0.05, 0.1) is 10.5 Å². The van der Waals surface area contributed by atoms with Crippen LogP contribution in [0.15, 0.2) is 48.5 Å². The molecular formula is C14H9NO3. The third-order valence-corrected chi connectivity index (χ3v) is 2.31. The summed E-state index contributed by atoms with van der Waals surface area (Å²) in [6.07, 6.45) is 0. The van der Waals surface area contributed by atoms with Gasteiger partial charge in [-0.3, -0.25) is 10.1 Å². The van der Waals surface area contributed by atoms with Crippen LogP contribution in [-0.2, 0) is 0 Å². The van der Waals surface area contributed by atoms with Gasteiger partial charge in [0.25, 0.3) is 5.69 Å². The van der Waals surface area contributed by atoms with Crippen LogP contribution in [0.2, 0.25) is 0 Å². The van der Waals surface area contributed by atoms with Crippen LogP contribution in [0.3, 0.4) is 0 Å². The summed E-state index contributed by atoms with van der Waals surface area (Å²) in [7, 11) is 0. The van der Waals surface area contributed by atoms with Gasteiger partial charge >= 0.3 is 0 Å².